The van der Waals surface area contributed by atoms with Crippen molar-refractivity contribution in [1.82, 2.24) is 4.98 Å². The molecule has 0 atom stereocenters. The zero-order valence-corrected chi connectivity index (χ0v) is 7.19. The Hall–Kier alpha value is -2.33. The molecule has 0 amide bonds. The van der Waals surface area contributed by atoms with Gasteiger partial charge in [0.1, 0.15) is 12.5 Å². The Morgan fingerprint density at radius 3 is 3.07 bits per heavy atom. The van der Waals surface area contributed by atoms with Crippen LogP contribution in [0.5, 0.6) is 0 Å². The van der Waals surface area contributed by atoms with Crippen molar-refractivity contribution < 1.29 is 9.90 Å². The third-order valence-corrected chi connectivity index (χ3v) is 1.38. The van der Waals surface area contributed by atoms with E-state index >= 15 is 0 Å². The molecule has 0 bridgehead atoms. The van der Waals surface area contributed by atoms with Gasteiger partial charge in [0.05, 0.1) is 5.56 Å². The third-order valence-electron chi connectivity index (χ3n) is 1.38. The Bertz CT molecular complexity index is 449. The first kappa shape index (κ1) is 9.76. The van der Waals surface area contributed by atoms with E-state index in [4.69, 9.17) is 10.4 Å². The van der Waals surface area contributed by atoms with Gasteiger partial charge in [-0.2, -0.15) is 5.26 Å². The fourth-order valence-corrected chi connectivity index (χ4v) is 0.810. The van der Waals surface area contributed by atoms with Crippen molar-refractivity contribution in [2.75, 3.05) is 0 Å². The first-order chi connectivity index (χ1) is 6.74. The fourth-order valence-electron chi connectivity index (χ4n) is 0.810. The molecule has 1 rings (SSSR count). The zero-order chi connectivity index (χ0) is 10.4. The number of aliphatic carboxylic acids is 1. The SMILES string of the molecule is N#Cc1ncccc1C#CCC(=O)O. The number of hydrogen-bond donors (Lipinski definition) is 1. The summed E-state index contributed by atoms with van der Waals surface area (Å²) in [5.74, 6) is 4.03. The molecule has 4 nitrogen and oxygen atoms in total. The van der Waals surface area contributed by atoms with Crippen molar-refractivity contribution in [3.8, 4) is 17.9 Å². The van der Waals surface area contributed by atoms with E-state index in [1.165, 1.54) is 6.20 Å². The summed E-state index contributed by atoms with van der Waals surface area (Å²) in [4.78, 5) is 13.9. The summed E-state index contributed by atoms with van der Waals surface area (Å²) in [6.45, 7) is 0. The maximum absolute atomic E-state index is 10.2. The van der Waals surface area contributed by atoms with E-state index < -0.39 is 5.97 Å². The molecule has 14 heavy (non-hydrogen) atoms. The number of nitriles is 1. The molecule has 0 fully saturated rings. The minimum Gasteiger partial charge on any atom is -0.481 e. The number of rotatable bonds is 1. The molecule has 0 aliphatic carbocycles. The van der Waals surface area contributed by atoms with Gasteiger partial charge in [0.2, 0.25) is 0 Å². The molecule has 1 heterocycles. The van der Waals surface area contributed by atoms with Gasteiger partial charge in [0.15, 0.2) is 5.69 Å². The summed E-state index contributed by atoms with van der Waals surface area (Å²) < 4.78 is 0. The lowest BCUT2D eigenvalue weighted by Crippen LogP contribution is -1.91. The number of carboxylic acids is 1. The lowest BCUT2D eigenvalue weighted by Gasteiger charge is -1.90. The van der Waals surface area contributed by atoms with Crippen molar-refractivity contribution in [2.24, 2.45) is 0 Å². The van der Waals surface area contributed by atoms with Gasteiger partial charge < -0.3 is 5.11 Å². The second-order valence-electron chi connectivity index (χ2n) is 2.38. The topological polar surface area (TPSA) is 74.0 Å². The number of nitrogens with zero attached hydrogens (tertiary/aromatic N) is 2. The average molecular weight is 186 g/mol. The van der Waals surface area contributed by atoms with Crippen LogP contribution in [0.1, 0.15) is 17.7 Å². The smallest absolute Gasteiger partial charge is 0.315 e. The van der Waals surface area contributed by atoms with E-state index in [2.05, 4.69) is 16.8 Å². The van der Waals surface area contributed by atoms with E-state index in [1.807, 2.05) is 6.07 Å². The van der Waals surface area contributed by atoms with E-state index in [-0.39, 0.29) is 12.1 Å². The zero-order valence-electron chi connectivity index (χ0n) is 7.19. The van der Waals surface area contributed by atoms with Gasteiger partial charge >= 0.3 is 5.97 Å². The van der Waals surface area contributed by atoms with Crippen LogP contribution in [0, 0.1) is 23.2 Å². The predicted octanol–water partition coefficient (Wildman–Crippen LogP) is 0.779. The standard InChI is InChI=1S/C10H6N2O2/c11-7-9-8(4-2-6-12-9)3-1-5-10(13)14/h2,4,6H,5H2,(H,13,14). The highest BCUT2D eigenvalue weighted by molar-refractivity contribution is 5.70. The summed E-state index contributed by atoms with van der Waals surface area (Å²) >= 11 is 0. The molecular weight excluding hydrogens is 180 g/mol. The molecule has 0 aliphatic heterocycles. The normalized spacial score (nSPS) is 8.21. The molecule has 4 heteroatoms. The van der Waals surface area contributed by atoms with Crippen LogP contribution in [0.25, 0.3) is 0 Å². The predicted molar refractivity (Wildman–Crippen MR) is 48.1 cm³/mol. The Morgan fingerprint density at radius 1 is 1.64 bits per heavy atom. The van der Waals surface area contributed by atoms with Crippen LogP contribution in [0.4, 0.5) is 0 Å². The first-order valence-corrected chi connectivity index (χ1v) is 3.80. The Labute approximate surface area is 80.8 Å². The largest absolute Gasteiger partial charge is 0.481 e. The fraction of sp³-hybridized carbons (Fsp3) is 0.100. The van der Waals surface area contributed by atoms with E-state index in [1.54, 1.807) is 12.1 Å². The van der Waals surface area contributed by atoms with Crippen LogP contribution in [0.2, 0.25) is 0 Å². The number of hydrogen-bond acceptors (Lipinski definition) is 3. The number of carbonyl (C=O) groups is 1. The first-order valence-electron chi connectivity index (χ1n) is 3.80. The van der Waals surface area contributed by atoms with Crippen LogP contribution >= 0.6 is 0 Å². The van der Waals surface area contributed by atoms with Crippen molar-refractivity contribution in [3.63, 3.8) is 0 Å². The maximum atomic E-state index is 10.2. The van der Waals surface area contributed by atoms with Crippen LogP contribution < -0.4 is 0 Å². The monoisotopic (exact) mass is 186 g/mol. The summed E-state index contributed by atoms with van der Waals surface area (Å²) in [6, 6.07) is 5.14. The molecule has 0 unspecified atom stereocenters. The minimum atomic E-state index is -0.986. The highest BCUT2D eigenvalue weighted by Gasteiger charge is 1.97. The van der Waals surface area contributed by atoms with Gasteiger partial charge in [-0.1, -0.05) is 11.8 Å². The summed E-state index contributed by atoms with van der Waals surface area (Å²) in [6.07, 6.45) is 1.25. The summed E-state index contributed by atoms with van der Waals surface area (Å²) in [5.41, 5.74) is 0.668. The van der Waals surface area contributed by atoms with Crippen LogP contribution in [0.15, 0.2) is 18.3 Å². The summed E-state index contributed by atoms with van der Waals surface area (Å²) in [7, 11) is 0. The molecule has 1 N–H and O–H groups in total. The number of aromatic nitrogens is 1. The van der Waals surface area contributed by atoms with Gasteiger partial charge in [0, 0.05) is 6.20 Å². The average Bonchev–Trinajstić information content (AvgIpc) is 2.18. The second kappa shape index (κ2) is 4.64. The molecule has 1 aromatic rings. The van der Waals surface area contributed by atoms with E-state index in [0.29, 0.717) is 5.56 Å². The van der Waals surface area contributed by atoms with Crippen LogP contribution in [-0.2, 0) is 4.79 Å². The number of pyridine rings is 1. The Balaban J connectivity index is 2.90. The molecular formula is C10H6N2O2. The van der Waals surface area contributed by atoms with Crippen molar-refractivity contribution in [3.05, 3.63) is 29.6 Å². The number of carboxylic acid groups (broad SMARTS) is 1. The second-order valence-corrected chi connectivity index (χ2v) is 2.38. The van der Waals surface area contributed by atoms with Gasteiger partial charge in [-0.05, 0) is 12.1 Å². The van der Waals surface area contributed by atoms with Crippen LogP contribution in [0.3, 0.4) is 0 Å². The molecule has 0 aromatic carbocycles. The lowest BCUT2D eigenvalue weighted by molar-refractivity contribution is -0.135. The molecule has 0 saturated heterocycles. The van der Waals surface area contributed by atoms with Gasteiger partial charge in [-0.25, -0.2) is 4.98 Å². The van der Waals surface area contributed by atoms with Crippen LogP contribution in [-0.4, -0.2) is 16.1 Å². The maximum Gasteiger partial charge on any atom is 0.315 e. The Morgan fingerprint density at radius 2 is 2.43 bits per heavy atom. The van der Waals surface area contributed by atoms with E-state index in [0.717, 1.165) is 0 Å². The van der Waals surface area contributed by atoms with Gasteiger partial charge in [-0.3, -0.25) is 4.79 Å². The van der Waals surface area contributed by atoms with Crippen molar-refractivity contribution in [2.45, 2.75) is 6.42 Å². The highest BCUT2D eigenvalue weighted by Crippen LogP contribution is 2.00. The van der Waals surface area contributed by atoms with Gasteiger partial charge in [0.25, 0.3) is 0 Å². The molecule has 0 saturated carbocycles. The lowest BCUT2D eigenvalue weighted by atomic mass is 10.2. The van der Waals surface area contributed by atoms with E-state index in [9.17, 15) is 4.79 Å². The molecule has 1 aromatic heterocycles. The minimum absolute atomic E-state index is 0.213. The van der Waals surface area contributed by atoms with Gasteiger partial charge in [-0.15, -0.1) is 0 Å². The quantitative estimate of drug-likeness (QED) is 0.657. The summed E-state index contributed by atoms with van der Waals surface area (Å²) in [5, 5.41) is 17.0. The molecule has 68 valence electrons. The van der Waals surface area contributed by atoms with Crippen molar-refractivity contribution >= 4 is 5.97 Å². The highest BCUT2D eigenvalue weighted by atomic mass is 16.4. The molecule has 0 aliphatic rings. The Kier molecular flexibility index (Phi) is 3.23. The van der Waals surface area contributed by atoms with Crippen molar-refractivity contribution in [1.29, 1.82) is 5.26 Å². The molecule has 0 radical (unpaired) electrons. The molecule has 0 spiro atoms. The third kappa shape index (κ3) is 2.62.